The molecule has 2 saturated heterocycles. The van der Waals surface area contributed by atoms with Crippen LogP contribution in [-0.2, 0) is 46.9 Å². The molecule has 4 aromatic carbocycles. The lowest BCUT2D eigenvalue weighted by atomic mass is 10.0. The average Bonchev–Trinajstić information content (AvgIpc) is 3.43. The van der Waals surface area contributed by atoms with Crippen molar-refractivity contribution >= 4 is 70.9 Å². The number of rotatable bonds is 11. The Morgan fingerprint density at radius 3 is 1.45 bits per heavy atom. The number of benzene rings is 4. The van der Waals surface area contributed by atoms with Gasteiger partial charge in [-0.2, -0.15) is 0 Å². The van der Waals surface area contributed by atoms with Crippen LogP contribution in [0, 0.1) is 0 Å². The molecule has 2 N–H and O–H groups in total. The van der Waals surface area contributed by atoms with E-state index >= 15 is 0 Å². The number of carbonyl (C=O) groups excluding carboxylic acids is 5. The van der Waals surface area contributed by atoms with Crippen LogP contribution in [-0.4, -0.2) is 121 Å². The maximum atomic E-state index is 12.4. The number of hydrogen-bond donors (Lipinski definition) is 2. The van der Waals surface area contributed by atoms with E-state index in [1.54, 1.807) is 53.9 Å². The zero-order valence-corrected chi connectivity index (χ0v) is 46.1. The summed E-state index contributed by atoms with van der Waals surface area (Å²) in [5.74, 6) is -1.47. The van der Waals surface area contributed by atoms with Crippen LogP contribution in [0.4, 0.5) is 21.5 Å². The molecule has 408 valence electrons. The summed E-state index contributed by atoms with van der Waals surface area (Å²) in [4.78, 5) is 81.7. The van der Waals surface area contributed by atoms with Gasteiger partial charge in [0.05, 0.1) is 25.6 Å². The van der Waals surface area contributed by atoms with E-state index in [0.717, 1.165) is 54.8 Å². The Balaban J connectivity index is 0.000000199. The number of nitrogens with zero attached hydrogens (tertiary/aromatic N) is 6. The third-order valence-corrected chi connectivity index (χ3v) is 13.9. The normalized spacial score (nSPS) is 14.2. The van der Waals surface area contributed by atoms with Crippen molar-refractivity contribution in [1.82, 2.24) is 30.6 Å². The topological polar surface area (TPSA) is 240 Å². The fraction of sp³-hybridized carbons (Fsp3) is 0.375. The predicted octanol–water partition coefficient (Wildman–Crippen LogP) is 9.81. The molecule has 2 aliphatic heterocycles. The van der Waals surface area contributed by atoms with Gasteiger partial charge in [-0.15, -0.1) is 0 Å². The van der Waals surface area contributed by atoms with Gasteiger partial charge in [0, 0.05) is 76.8 Å². The molecule has 20 nitrogen and oxygen atoms in total. The Morgan fingerprint density at radius 1 is 0.584 bits per heavy atom. The second-order valence-electron chi connectivity index (χ2n) is 19.7. The number of methoxy groups -OCH3 is 2. The van der Waals surface area contributed by atoms with Crippen LogP contribution >= 0.6 is 7.60 Å². The van der Waals surface area contributed by atoms with E-state index in [-0.39, 0.29) is 5.70 Å². The van der Waals surface area contributed by atoms with Crippen LogP contribution < -0.4 is 20.4 Å². The molecule has 0 aliphatic carbocycles. The van der Waals surface area contributed by atoms with Gasteiger partial charge >= 0.3 is 31.7 Å². The second kappa shape index (κ2) is 26.3. The summed E-state index contributed by atoms with van der Waals surface area (Å²) in [5, 5.41) is 9.47. The number of aromatic nitrogens is 4. The van der Waals surface area contributed by atoms with Gasteiger partial charge in [0.2, 0.25) is 17.7 Å². The maximum absolute atomic E-state index is 12.4. The Kier molecular flexibility index (Phi) is 20.0. The van der Waals surface area contributed by atoms with E-state index in [4.69, 9.17) is 24.2 Å². The van der Waals surface area contributed by atoms with Crippen LogP contribution in [0.2, 0.25) is 0 Å². The summed E-state index contributed by atoms with van der Waals surface area (Å²) in [5.41, 5.74) is 3.39. The summed E-state index contributed by atoms with van der Waals surface area (Å²) >= 11 is 0. The van der Waals surface area contributed by atoms with Crippen LogP contribution in [0.15, 0.2) is 121 Å². The Hall–Kier alpha value is -7.80. The van der Waals surface area contributed by atoms with Crippen LogP contribution in [0.25, 0.3) is 44.1 Å². The monoisotopic (exact) mass is 1070 g/mol. The standard InChI is InChI=1S/C27H30N4O4.C19H17N3O.C10H20NO7P/c1-27(2,3)35-26(33)30-23(24(32)34-4)19-12-15-31(16-13-19)25-28-14-11-22(29-25)21-10-9-18-7-5-6-8-20(18)17-21;23-17-8-11-22(12-9-17)19-20-10-7-18(21-19)16-6-5-14-3-1-2-4-15(14)13-16;1-10(2,3)18-9(13)11-7(8(12)15-4)19(14,16-5)17-6/h5-11,14,17H,12-13,15-16H2,1-4H3,(H,30,33);1-7,10,13H,8-9,11-12H2;7H,1-6H3,(H,11,13). The Labute approximate surface area is 448 Å². The molecule has 77 heavy (non-hydrogen) atoms. The van der Waals surface area contributed by atoms with Gasteiger partial charge in [0.1, 0.15) is 22.7 Å². The summed E-state index contributed by atoms with van der Waals surface area (Å²) < 4.78 is 41.1. The zero-order valence-electron chi connectivity index (χ0n) is 45.2. The first-order chi connectivity index (χ1) is 36.6. The largest absolute Gasteiger partial charge is 0.467 e. The van der Waals surface area contributed by atoms with Crippen molar-refractivity contribution in [2.24, 2.45) is 0 Å². The van der Waals surface area contributed by atoms with Crippen molar-refractivity contribution in [3.63, 3.8) is 0 Å². The third-order valence-electron chi connectivity index (χ3n) is 11.9. The maximum Gasteiger partial charge on any atom is 0.412 e. The number of hydrogen-bond acceptors (Lipinski definition) is 18. The Morgan fingerprint density at radius 2 is 1.03 bits per heavy atom. The van der Waals surface area contributed by atoms with Crippen molar-refractivity contribution < 1.29 is 56.5 Å². The summed E-state index contributed by atoms with van der Waals surface area (Å²) in [6.07, 6.45) is 4.24. The SMILES string of the molecule is COC(=O)C(NC(=O)OC(C)(C)C)=C1CCN(c2nccc(-c3ccc4ccccc4c3)n2)CC1.COC(=O)C(NC(=O)OC(C)(C)C)P(=O)(OC)OC.O=C1CCN(c2nccc(-c3ccc4ccccc4c3)n2)CC1. The molecule has 2 amide bonds. The van der Waals surface area contributed by atoms with Gasteiger partial charge in [0.25, 0.3) is 0 Å². The molecular weight excluding hydrogens is 1010 g/mol. The lowest BCUT2D eigenvalue weighted by molar-refractivity contribution is -0.141. The number of alkyl carbamates (subject to hydrolysis) is 2. The predicted molar refractivity (Wildman–Crippen MR) is 293 cm³/mol. The number of ketones is 1. The van der Waals surface area contributed by atoms with Gasteiger partial charge in [-0.25, -0.2) is 39.1 Å². The first-order valence-corrected chi connectivity index (χ1v) is 26.5. The highest BCUT2D eigenvalue weighted by Crippen LogP contribution is 2.51. The second-order valence-corrected chi connectivity index (χ2v) is 22.0. The molecule has 21 heteroatoms. The van der Waals surface area contributed by atoms with Crippen LogP contribution in [0.5, 0.6) is 0 Å². The third kappa shape index (κ3) is 16.6. The number of carbonyl (C=O) groups is 5. The van der Waals surface area contributed by atoms with Crippen molar-refractivity contribution in [3.05, 3.63) is 121 Å². The number of piperidine rings is 2. The van der Waals surface area contributed by atoms with Gasteiger partial charge < -0.3 is 37.8 Å². The molecule has 0 saturated carbocycles. The number of esters is 2. The van der Waals surface area contributed by atoms with E-state index < -0.39 is 48.7 Å². The Bertz CT molecular complexity index is 3130. The zero-order chi connectivity index (χ0) is 55.9. The van der Waals surface area contributed by atoms with E-state index in [0.29, 0.717) is 69.5 Å². The minimum Gasteiger partial charge on any atom is -0.467 e. The highest BCUT2D eigenvalue weighted by atomic mass is 31.2. The lowest BCUT2D eigenvalue weighted by Crippen LogP contribution is -2.44. The quantitative estimate of drug-likeness (QED) is 0.0531. The molecule has 6 aromatic rings. The van der Waals surface area contributed by atoms with Gasteiger partial charge in [-0.1, -0.05) is 72.8 Å². The number of nitrogens with one attached hydrogen (secondary N) is 2. The molecule has 2 fully saturated rings. The fourth-order valence-corrected chi connectivity index (χ4v) is 9.28. The summed E-state index contributed by atoms with van der Waals surface area (Å²) in [6, 6.07) is 33.0. The van der Waals surface area contributed by atoms with Crippen molar-refractivity contribution in [2.45, 2.75) is 84.2 Å². The van der Waals surface area contributed by atoms with E-state index in [2.05, 4.69) is 105 Å². The van der Waals surface area contributed by atoms with E-state index in [1.807, 2.05) is 36.4 Å². The molecule has 1 atom stereocenters. The highest BCUT2D eigenvalue weighted by Gasteiger charge is 2.43. The van der Waals surface area contributed by atoms with E-state index in [1.165, 1.54) is 23.3 Å². The minimum absolute atomic E-state index is 0.146. The first-order valence-electron chi connectivity index (χ1n) is 24.9. The lowest BCUT2D eigenvalue weighted by Gasteiger charge is -2.30. The molecule has 1 unspecified atom stereocenters. The van der Waals surface area contributed by atoms with Crippen molar-refractivity contribution in [3.8, 4) is 22.5 Å². The molecular formula is C56H67N8O12P. The van der Waals surface area contributed by atoms with Crippen molar-refractivity contribution in [1.29, 1.82) is 0 Å². The number of amides is 2. The molecule has 8 rings (SSSR count). The number of Topliss-reactive ketones (excluding diaryl/α,β-unsaturated/α-hetero) is 1. The van der Waals surface area contributed by atoms with Gasteiger partial charge in [0.15, 0.2) is 0 Å². The summed E-state index contributed by atoms with van der Waals surface area (Å²) in [6.45, 7) is 12.9. The molecule has 4 heterocycles. The summed E-state index contributed by atoms with van der Waals surface area (Å²) in [7, 11) is 0.696. The number of anilines is 2. The molecule has 0 bridgehead atoms. The number of fused-ring (bicyclic) bond motifs is 2. The van der Waals surface area contributed by atoms with Crippen LogP contribution in [0.1, 0.15) is 67.2 Å². The molecule has 0 radical (unpaired) electrons. The average molecular weight is 1080 g/mol. The number of ether oxygens (including phenoxy) is 4. The van der Waals surface area contributed by atoms with Gasteiger partial charge in [-0.05, 0) is 106 Å². The molecule has 2 aromatic heterocycles. The fourth-order valence-electron chi connectivity index (χ4n) is 8.08. The molecule has 0 spiro atoms. The van der Waals surface area contributed by atoms with Crippen LogP contribution in [0.3, 0.4) is 0 Å². The minimum atomic E-state index is -3.87. The first kappa shape index (κ1) is 58.5. The molecule has 2 aliphatic rings. The van der Waals surface area contributed by atoms with Gasteiger partial charge in [-0.3, -0.25) is 20.0 Å². The smallest absolute Gasteiger partial charge is 0.412 e. The van der Waals surface area contributed by atoms with Crippen molar-refractivity contribution in [2.75, 3.05) is 64.4 Å². The van der Waals surface area contributed by atoms with E-state index in [9.17, 15) is 28.5 Å². The highest BCUT2D eigenvalue weighted by molar-refractivity contribution is 7.55.